The number of fused-ring (bicyclic) bond motifs is 3. The van der Waals surface area contributed by atoms with Gasteiger partial charge in [0.2, 0.25) is 0 Å². The second-order valence-electron chi connectivity index (χ2n) is 7.46. The van der Waals surface area contributed by atoms with E-state index in [1.807, 2.05) is 0 Å². The molecule has 166 valence electrons. The van der Waals surface area contributed by atoms with Crippen LogP contribution in [0.4, 0.5) is 0 Å². The quantitative estimate of drug-likeness (QED) is 0.466. The van der Waals surface area contributed by atoms with Gasteiger partial charge in [-0.1, -0.05) is 6.92 Å². The Kier molecular flexibility index (Phi) is 5.98. The lowest BCUT2D eigenvalue weighted by atomic mass is 9.96. The molecule has 0 aliphatic heterocycles. The van der Waals surface area contributed by atoms with Gasteiger partial charge >= 0.3 is 10.1 Å². The summed E-state index contributed by atoms with van der Waals surface area (Å²) in [6.45, 7) is 1.59. The van der Waals surface area contributed by atoms with Crippen LogP contribution < -0.4 is 8.92 Å². The Labute approximate surface area is 182 Å². The highest BCUT2D eigenvalue weighted by Gasteiger charge is 2.21. The van der Waals surface area contributed by atoms with Crippen LogP contribution in [0.15, 0.2) is 51.8 Å². The number of sulfone groups is 1. The van der Waals surface area contributed by atoms with E-state index in [9.17, 15) is 16.8 Å². The summed E-state index contributed by atoms with van der Waals surface area (Å²) in [6, 6.07) is 10.7. The fraction of sp³-hybridized carbons (Fsp3) is 0.364. The molecule has 0 amide bonds. The average Bonchev–Trinajstić information content (AvgIpc) is 3.12. The lowest BCUT2D eigenvalue weighted by molar-refractivity contribution is 0.340. The minimum atomic E-state index is -4.03. The molecule has 9 heteroatoms. The van der Waals surface area contributed by atoms with Gasteiger partial charge in [-0.2, -0.15) is 8.42 Å². The van der Waals surface area contributed by atoms with E-state index in [-0.39, 0.29) is 28.8 Å². The predicted molar refractivity (Wildman–Crippen MR) is 117 cm³/mol. The summed E-state index contributed by atoms with van der Waals surface area (Å²) < 4.78 is 65.0. The van der Waals surface area contributed by atoms with Gasteiger partial charge in [0.15, 0.2) is 9.84 Å². The molecule has 0 saturated heterocycles. The number of benzene rings is 2. The summed E-state index contributed by atoms with van der Waals surface area (Å²) in [4.78, 5) is -0.0182. The normalized spacial score (nSPS) is 14.4. The summed E-state index contributed by atoms with van der Waals surface area (Å²) in [7, 11) is -7.15. The van der Waals surface area contributed by atoms with E-state index in [2.05, 4.69) is 0 Å². The maximum Gasteiger partial charge on any atom is 0.339 e. The van der Waals surface area contributed by atoms with E-state index in [1.165, 1.54) is 24.3 Å². The van der Waals surface area contributed by atoms with E-state index < -0.39 is 20.0 Å². The van der Waals surface area contributed by atoms with Gasteiger partial charge in [0.05, 0.1) is 5.75 Å². The van der Waals surface area contributed by atoms with Gasteiger partial charge in [-0.3, -0.25) is 0 Å². The molecule has 31 heavy (non-hydrogen) atoms. The molecule has 7 nitrogen and oxygen atoms in total. The van der Waals surface area contributed by atoms with Crippen molar-refractivity contribution in [1.29, 1.82) is 0 Å². The van der Waals surface area contributed by atoms with Gasteiger partial charge < -0.3 is 13.3 Å². The minimum absolute atomic E-state index is 0.00774. The van der Waals surface area contributed by atoms with Crippen LogP contribution in [-0.4, -0.2) is 34.9 Å². The third-order valence-corrected chi connectivity index (χ3v) is 8.28. The van der Waals surface area contributed by atoms with E-state index in [0.29, 0.717) is 5.75 Å². The molecule has 2 aromatic carbocycles. The maximum absolute atomic E-state index is 12.7. The van der Waals surface area contributed by atoms with Gasteiger partial charge in [0.25, 0.3) is 0 Å². The number of hydrogen-bond acceptors (Lipinski definition) is 7. The largest absolute Gasteiger partial charge is 0.493 e. The first-order chi connectivity index (χ1) is 14.8. The molecule has 1 aliphatic carbocycles. The lowest BCUT2D eigenvalue weighted by Gasteiger charge is -2.10. The van der Waals surface area contributed by atoms with Crippen molar-refractivity contribution in [2.75, 3.05) is 18.1 Å². The van der Waals surface area contributed by atoms with E-state index in [4.69, 9.17) is 13.3 Å². The number of hydrogen-bond donors (Lipinski definition) is 0. The molecular weight excluding hydrogens is 440 g/mol. The third kappa shape index (κ3) is 4.88. The second kappa shape index (κ2) is 8.55. The predicted octanol–water partition coefficient (Wildman–Crippen LogP) is 3.89. The van der Waals surface area contributed by atoms with Crippen molar-refractivity contribution >= 4 is 30.9 Å². The Bertz CT molecular complexity index is 1290. The molecule has 0 unspecified atom stereocenters. The Morgan fingerprint density at radius 2 is 1.65 bits per heavy atom. The highest BCUT2D eigenvalue weighted by molar-refractivity contribution is 7.91. The Morgan fingerprint density at radius 3 is 2.39 bits per heavy atom. The molecule has 0 N–H and O–H groups in total. The topological polar surface area (TPSA) is 99.9 Å². The zero-order valence-electron chi connectivity index (χ0n) is 17.2. The number of ether oxygens (including phenoxy) is 1. The lowest BCUT2D eigenvalue weighted by Crippen LogP contribution is -2.15. The minimum Gasteiger partial charge on any atom is -0.493 e. The van der Waals surface area contributed by atoms with Crippen molar-refractivity contribution in [2.45, 2.75) is 37.5 Å². The van der Waals surface area contributed by atoms with Crippen LogP contribution in [0.1, 0.15) is 31.1 Å². The third-order valence-electron chi connectivity index (χ3n) is 5.35. The smallest absolute Gasteiger partial charge is 0.339 e. The standard InChI is InChI=1S/C22H24O7S2/c1-2-30(23,24)14-13-27-16-7-10-18(11-8-16)31(25,26)29-17-9-12-22-20(15-17)19-5-3-4-6-21(19)28-22/h7-12,15H,2-6,13-14H2,1H3. The second-order valence-corrected chi connectivity index (χ2v) is 11.5. The first kappa shape index (κ1) is 21.7. The first-order valence-corrected chi connectivity index (χ1v) is 13.4. The van der Waals surface area contributed by atoms with Crippen molar-refractivity contribution in [2.24, 2.45) is 0 Å². The maximum atomic E-state index is 12.7. The van der Waals surface area contributed by atoms with Crippen molar-refractivity contribution in [1.82, 2.24) is 0 Å². The fourth-order valence-corrected chi connectivity index (χ4v) is 5.15. The van der Waals surface area contributed by atoms with Crippen LogP contribution in [0, 0.1) is 0 Å². The van der Waals surface area contributed by atoms with Crippen LogP contribution in [0.3, 0.4) is 0 Å². The molecule has 1 aliphatic rings. The van der Waals surface area contributed by atoms with Gasteiger partial charge in [-0.25, -0.2) is 8.42 Å². The van der Waals surface area contributed by atoms with Gasteiger partial charge in [-0.15, -0.1) is 0 Å². The molecule has 0 bridgehead atoms. The Hall–Kier alpha value is -2.52. The molecule has 3 aromatic rings. The van der Waals surface area contributed by atoms with E-state index in [1.54, 1.807) is 25.1 Å². The number of aryl methyl sites for hydroxylation is 2. The van der Waals surface area contributed by atoms with Gasteiger partial charge in [-0.05, 0) is 61.7 Å². The highest BCUT2D eigenvalue weighted by atomic mass is 32.2. The van der Waals surface area contributed by atoms with Crippen LogP contribution in [-0.2, 0) is 32.8 Å². The molecule has 1 aromatic heterocycles. The van der Waals surface area contributed by atoms with Crippen LogP contribution >= 0.6 is 0 Å². The van der Waals surface area contributed by atoms with Crippen molar-refractivity contribution in [3.8, 4) is 11.5 Å². The zero-order chi connectivity index (χ0) is 22.1. The number of rotatable bonds is 8. The Balaban J connectivity index is 1.47. The van der Waals surface area contributed by atoms with E-state index >= 15 is 0 Å². The summed E-state index contributed by atoms with van der Waals surface area (Å²) in [5, 5.41) is 0.896. The van der Waals surface area contributed by atoms with Crippen molar-refractivity contribution in [3.05, 3.63) is 53.8 Å². The zero-order valence-corrected chi connectivity index (χ0v) is 18.8. The molecule has 0 fully saturated rings. The summed E-state index contributed by atoms with van der Waals surface area (Å²) in [5.41, 5.74) is 1.87. The van der Waals surface area contributed by atoms with E-state index in [0.717, 1.165) is 48.0 Å². The summed E-state index contributed by atoms with van der Waals surface area (Å²) >= 11 is 0. The van der Waals surface area contributed by atoms with Crippen molar-refractivity contribution in [3.63, 3.8) is 0 Å². The molecular formula is C22H24O7S2. The summed E-state index contributed by atoms with van der Waals surface area (Å²) in [6.07, 6.45) is 4.00. The molecule has 0 saturated carbocycles. The van der Waals surface area contributed by atoms with Crippen LogP contribution in [0.25, 0.3) is 11.0 Å². The molecule has 0 radical (unpaired) electrons. The van der Waals surface area contributed by atoms with Crippen molar-refractivity contribution < 1.29 is 30.2 Å². The Morgan fingerprint density at radius 1 is 0.935 bits per heavy atom. The van der Waals surface area contributed by atoms with Crippen LogP contribution in [0.2, 0.25) is 0 Å². The monoisotopic (exact) mass is 464 g/mol. The number of furan rings is 1. The molecule has 4 rings (SSSR count). The van der Waals surface area contributed by atoms with Gasteiger partial charge in [0.1, 0.15) is 34.3 Å². The molecule has 0 spiro atoms. The first-order valence-electron chi connectivity index (χ1n) is 10.2. The summed E-state index contributed by atoms with van der Waals surface area (Å²) in [5.74, 6) is 1.55. The molecule has 1 heterocycles. The fourth-order valence-electron chi connectivity index (χ4n) is 3.60. The average molecular weight is 465 g/mol. The highest BCUT2D eigenvalue weighted by Crippen LogP contribution is 2.34. The van der Waals surface area contributed by atoms with Crippen LogP contribution in [0.5, 0.6) is 11.5 Å². The SMILES string of the molecule is CCS(=O)(=O)CCOc1ccc(S(=O)(=O)Oc2ccc3oc4c(c3c2)CCCC4)cc1. The molecule has 0 atom stereocenters. The van der Waals surface area contributed by atoms with Gasteiger partial charge in [0, 0.05) is 23.1 Å².